The molecule has 0 spiro atoms. The first-order valence-electron chi connectivity index (χ1n) is 7.68. The largest absolute Gasteiger partial charge is 0.490 e. The summed E-state index contributed by atoms with van der Waals surface area (Å²) in [7, 11) is 0. The van der Waals surface area contributed by atoms with Crippen molar-refractivity contribution in [3.63, 3.8) is 0 Å². The zero-order chi connectivity index (χ0) is 19.2. The fourth-order valence-corrected chi connectivity index (χ4v) is 2.05. The number of aromatic nitrogens is 4. The number of halogens is 1. The summed E-state index contributed by atoms with van der Waals surface area (Å²) in [4.78, 5) is 29.2. The monoisotopic (exact) mass is 372 g/mol. The summed E-state index contributed by atoms with van der Waals surface area (Å²) in [5.41, 5.74) is 0.722. The third-order valence-corrected chi connectivity index (χ3v) is 3.32. The minimum atomic E-state index is -0.740. The van der Waals surface area contributed by atoms with Crippen molar-refractivity contribution in [1.82, 2.24) is 25.1 Å². The lowest BCUT2D eigenvalue weighted by Gasteiger charge is -2.07. The highest BCUT2D eigenvalue weighted by Gasteiger charge is 2.15. The molecule has 10 nitrogen and oxygen atoms in total. The number of ether oxygens (including phenoxy) is 1. The summed E-state index contributed by atoms with van der Waals surface area (Å²) in [6, 6.07) is 8.86. The van der Waals surface area contributed by atoms with Crippen LogP contribution in [0, 0.1) is 15.9 Å². The van der Waals surface area contributed by atoms with Gasteiger partial charge in [-0.2, -0.15) is 4.68 Å². The van der Waals surface area contributed by atoms with E-state index in [0.717, 1.165) is 16.6 Å². The lowest BCUT2D eigenvalue weighted by Crippen LogP contribution is -2.27. The zero-order valence-corrected chi connectivity index (χ0v) is 13.8. The molecule has 11 heteroatoms. The van der Waals surface area contributed by atoms with Gasteiger partial charge in [-0.3, -0.25) is 4.79 Å². The number of carbonyl (C=O) groups excluding carboxylic acids is 1. The molecule has 3 rings (SSSR count). The molecule has 2 aromatic heterocycles. The number of pyridine rings is 1. The highest BCUT2D eigenvalue weighted by molar-refractivity contribution is 5.75. The van der Waals surface area contributed by atoms with Gasteiger partial charge in [0.2, 0.25) is 18.1 Å². The average Bonchev–Trinajstić information content (AvgIpc) is 3.12. The Balaban J connectivity index is 1.49. The van der Waals surface area contributed by atoms with Crippen LogP contribution in [0.3, 0.4) is 0 Å². The van der Waals surface area contributed by atoms with Gasteiger partial charge in [-0.15, -0.1) is 0 Å². The van der Waals surface area contributed by atoms with Gasteiger partial charge in [0.15, 0.2) is 0 Å². The maximum Gasteiger partial charge on any atom is 0.490 e. The molecule has 0 aliphatic heterocycles. The molecular weight excluding hydrogens is 359 g/mol. The molecule has 2 heterocycles. The molecule has 1 N–H and O–H groups in total. The third kappa shape index (κ3) is 5.04. The van der Waals surface area contributed by atoms with Gasteiger partial charge >= 0.3 is 5.95 Å². The molecule has 0 atom stereocenters. The van der Waals surface area contributed by atoms with E-state index in [1.807, 2.05) is 0 Å². The Morgan fingerprint density at radius 2 is 2.00 bits per heavy atom. The third-order valence-electron chi connectivity index (χ3n) is 3.32. The Morgan fingerprint density at radius 3 is 2.63 bits per heavy atom. The van der Waals surface area contributed by atoms with Crippen molar-refractivity contribution in [2.24, 2.45) is 0 Å². The number of rotatable bonds is 7. The predicted molar refractivity (Wildman–Crippen MR) is 89.2 cm³/mol. The highest BCUT2D eigenvalue weighted by atomic mass is 19.1. The van der Waals surface area contributed by atoms with Crippen LogP contribution in [-0.2, 0) is 17.9 Å². The first-order chi connectivity index (χ1) is 13.0. The molecule has 0 aliphatic rings. The smallest absolute Gasteiger partial charge is 0.439 e. The van der Waals surface area contributed by atoms with Crippen LogP contribution in [0.25, 0.3) is 0 Å². The first kappa shape index (κ1) is 17.9. The van der Waals surface area contributed by atoms with Crippen LogP contribution < -0.4 is 10.1 Å². The Kier molecular flexibility index (Phi) is 5.30. The Labute approximate surface area is 151 Å². The van der Waals surface area contributed by atoms with E-state index < -0.39 is 10.9 Å². The molecule has 1 amide bonds. The van der Waals surface area contributed by atoms with Crippen LogP contribution in [0.5, 0.6) is 11.6 Å². The Hall–Kier alpha value is -3.89. The minimum absolute atomic E-state index is 0.194. The van der Waals surface area contributed by atoms with E-state index in [-0.39, 0.29) is 24.8 Å². The summed E-state index contributed by atoms with van der Waals surface area (Å²) in [6.45, 7) is 0.0134. The number of hydrogen-bond acceptors (Lipinski definition) is 7. The number of carbonyl (C=O) groups is 1. The number of nitrogens with one attached hydrogen (secondary N) is 1. The van der Waals surface area contributed by atoms with E-state index in [9.17, 15) is 19.3 Å². The van der Waals surface area contributed by atoms with Crippen molar-refractivity contribution >= 4 is 11.9 Å². The molecule has 1 aromatic carbocycles. The van der Waals surface area contributed by atoms with Crippen molar-refractivity contribution in [1.29, 1.82) is 0 Å². The van der Waals surface area contributed by atoms with Crippen molar-refractivity contribution in [3.05, 3.63) is 70.4 Å². The Bertz CT molecular complexity index is 942. The van der Waals surface area contributed by atoms with Crippen LogP contribution in [-0.4, -0.2) is 30.6 Å². The maximum absolute atomic E-state index is 12.9. The molecule has 0 saturated carbocycles. The average molecular weight is 372 g/mol. The van der Waals surface area contributed by atoms with Gasteiger partial charge in [-0.05, 0) is 34.8 Å². The standard InChI is InChI=1S/C16H13FN6O4/c17-12-2-4-13(5-3-12)27-15-6-1-11(8-19-15)7-18-14(24)9-22-10-20-16(21-22)23(25)26/h1-6,8,10H,7,9H2,(H,18,24). The predicted octanol–water partition coefficient (Wildman–Crippen LogP) is 1.83. The fourth-order valence-electron chi connectivity index (χ4n) is 2.05. The molecular formula is C16H13FN6O4. The van der Waals surface area contributed by atoms with Crippen LogP contribution in [0.1, 0.15) is 5.56 Å². The summed E-state index contributed by atoms with van der Waals surface area (Å²) < 4.78 is 19.4. The van der Waals surface area contributed by atoms with E-state index >= 15 is 0 Å². The van der Waals surface area contributed by atoms with Gasteiger partial charge in [0.25, 0.3) is 0 Å². The number of nitro groups is 1. The second-order valence-electron chi connectivity index (χ2n) is 5.34. The number of amides is 1. The topological polar surface area (TPSA) is 125 Å². The van der Waals surface area contributed by atoms with E-state index in [4.69, 9.17) is 4.74 Å². The van der Waals surface area contributed by atoms with E-state index in [2.05, 4.69) is 20.4 Å². The molecule has 0 bridgehead atoms. The van der Waals surface area contributed by atoms with Crippen molar-refractivity contribution in [2.45, 2.75) is 13.1 Å². The van der Waals surface area contributed by atoms with Gasteiger partial charge in [-0.1, -0.05) is 11.1 Å². The molecule has 0 aliphatic carbocycles. The van der Waals surface area contributed by atoms with Crippen LogP contribution in [0.4, 0.5) is 10.3 Å². The number of hydrogen-bond donors (Lipinski definition) is 1. The van der Waals surface area contributed by atoms with Crippen LogP contribution in [0.2, 0.25) is 0 Å². The van der Waals surface area contributed by atoms with E-state index in [0.29, 0.717) is 11.6 Å². The van der Waals surface area contributed by atoms with Crippen molar-refractivity contribution in [2.75, 3.05) is 0 Å². The molecule has 0 saturated heterocycles. The fraction of sp³-hybridized carbons (Fsp3) is 0.125. The highest BCUT2D eigenvalue weighted by Crippen LogP contribution is 2.19. The van der Waals surface area contributed by atoms with E-state index in [1.54, 1.807) is 12.1 Å². The van der Waals surface area contributed by atoms with Gasteiger partial charge < -0.3 is 20.2 Å². The van der Waals surface area contributed by atoms with Gasteiger partial charge in [0, 0.05) is 23.9 Å². The quantitative estimate of drug-likeness (QED) is 0.495. The second kappa shape index (κ2) is 7.99. The molecule has 3 aromatic rings. The molecule has 0 fully saturated rings. The lowest BCUT2D eigenvalue weighted by atomic mass is 10.3. The van der Waals surface area contributed by atoms with Gasteiger partial charge in [-0.25, -0.2) is 9.37 Å². The molecule has 27 heavy (non-hydrogen) atoms. The summed E-state index contributed by atoms with van der Waals surface area (Å²) >= 11 is 0. The van der Waals surface area contributed by atoms with Crippen LogP contribution >= 0.6 is 0 Å². The normalized spacial score (nSPS) is 10.4. The van der Waals surface area contributed by atoms with Crippen molar-refractivity contribution in [3.8, 4) is 11.6 Å². The number of nitrogens with zero attached hydrogens (tertiary/aromatic N) is 5. The number of benzene rings is 1. The first-order valence-corrected chi connectivity index (χ1v) is 7.68. The summed E-state index contributed by atoms with van der Waals surface area (Å²) in [6.07, 6.45) is 2.64. The van der Waals surface area contributed by atoms with Gasteiger partial charge in [0.1, 0.15) is 18.1 Å². The van der Waals surface area contributed by atoms with Crippen LogP contribution in [0.15, 0.2) is 48.9 Å². The molecule has 0 radical (unpaired) electrons. The SMILES string of the molecule is O=C(Cn1cnc([N+](=O)[O-])n1)NCc1ccc(Oc2ccc(F)cc2)nc1. The molecule has 138 valence electrons. The minimum Gasteiger partial charge on any atom is -0.439 e. The Morgan fingerprint density at radius 1 is 1.22 bits per heavy atom. The summed E-state index contributed by atoms with van der Waals surface area (Å²) in [5, 5.41) is 16.7. The maximum atomic E-state index is 12.9. The van der Waals surface area contributed by atoms with Crippen molar-refractivity contribution < 1.29 is 18.8 Å². The molecule has 0 unspecified atom stereocenters. The zero-order valence-electron chi connectivity index (χ0n) is 13.8. The lowest BCUT2D eigenvalue weighted by molar-refractivity contribution is -0.394. The second-order valence-corrected chi connectivity index (χ2v) is 5.34. The van der Waals surface area contributed by atoms with Gasteiger partial charge in [0.05, 0.1) is 0 Å². The van der Waals surface area contributed by atoms with E-state index in [1.165, 1.54) is 30.5 Å². The summed E-state index contributed by atoms with van der Waals surface area (Å²) in [5.74, 6) is -0.537.